The Labute approximate surface area is 188 Å². The molecule has 0 spiro atoms. The number of halogens is 1. The molecular weight excluding hydrogens is 436 g/mol. The van der Waals surface area contributed by atoms with Crippen LogP contribution in [0.1, 0.15) is 16.3 Å². The number of thioether (sulfide) groups is 1. The van der Waals surface area contributed by atoms with Gasteiger partial charge in [-0.2, -0.15) is 0 Å². The first-order valence-corrected chi connectivity index (χ1v) is 11.5. The number of benzene rings is 2. The maximum atomic E-state index is 12.3. The van der Waals surface area contributed by atoms with Crippen molar-refractivity contribution in [2.45, 2.75) is 24.3 Å². The maximum Gasteiger partial charge on any atom is 0.231 e. The second kappa shape index (κ2) is 9.47. The number of rotatable bonds is 7. The molecule has 0 aliphatic carbocycles. The number of nitrogens with zero attached hydrogens (tertiary/aromatic N) is 3. The predicted molar refractivity (Wildman–Crippen MR) is 124 cm³/mol. The second-order valence-electron chi connectivity index (χ2n) is 6.67. The number of aromatic nitrogens is 3. The standard InChI is InChI=1S/C22H19ClN4OS2/c1-15-5-7-17(8-6-15)25-20(28)12-21-26-18(13-29-21)14-30-22-24-9-10-27(22)19-4-2-3-16(23)11-19/h2-11,13H,12,14H2,1H3,(H,25,28). The molecule has 30 heavy (non-hydrogen) atoms. The molecule has 0 atom stereocenters. The van der Waals surface area contributed by atoms with Gasteiger partial charge in [-0.1, -0.05) is 47.1 Å². The molecule has 0 bridgehead atoms. The molecule has 0 fully saturated rings. The summed E-state index contributed by atoms with van der Waals surface area (Å²) < 4.78 is 2.00. The van der Waals surface area contributed by atoms with E-state index in [1.165, 1.54) is 11.3 Å². The zero-order valence-corrected chi connectivity index (χ0v) is 18.6. The Kier molecular flexibility index (Phi) is 6.52. The number of hydrogen-bond donors (Lipinski definition) is 1. The van der Waals surface area contributed by atoms with E-state index in [0.29, 0.717) is 10.8 Å². The normalized spacial score (nSPS) is 10.9. The number of carbonyl (C=O) groups excluding carboxylic acids is 1. The lowest BCUT2D eigenvalue weighted by Crippen LogP contribution is -2.14. The summed E-state index contributed by atoms with van der Waals surface area (Å²) >= 11 is 9.20. The number of carbonyl (C=O) groups is 1. The number of imidazole rings is 1. The van der Waals surface area contributed by atoms with Crippen LogP contribution < -0.4 is 5.32 Å². The summed E-state index contributed by atoms with van der Waals surface area (Å²) in [4.78, 5) is 21.3. The monoisotopic (exact) mass is 454 g/mol. The average molecular weight is 455 g/mol. The van der Waals surface area contributed by atoms with Crippen molar-refractivity contribution in [3.05, 3.63) is 87.6 Å². The van der Waals surface area contributed by atoms with Crippen LogP contribution in [0.15, 0.2) is 71.5 Å². The van der Waals surface area contributed by atoms with Crippen molar-refractivity contribution in [2.24, 2.45) is 0 Å². The van der Waals surface area contributed by atoms with Gasteiger partial charge in [-0.05, 0) is 37.3 Å². The van der Waals surface area contributed by atoms with Crippen LogP contribution in [0.2, 0.25) is 5.02 Å². The van der Waals surface area contributed by atoms with Gasteiger partial charge in [-0.25, -0.2) is 9.97 Å². The number of amides is 1. The number of nitrogens with one attached hydrogen (secondary N) is 1. The van der Waals surface area contributed by atoms with E-state index in [-0.39, 0.29) is 12.3 Å². The molecular formula is C22H19ClN4OS2. The number of thiazole rings is 1. The topological polar surface area (TPSA) is 59.8 Å². The van der Waals surface area contributed by atoms with Crippen molar-refractivity contribution in [3.63, 3.8) is 0 Å². The van der Waals surface area contributed by atoms with Crippen molar-refractivity contribution in [2.75, 3.05) is 5.32 Å². The van der Waals surface area contributed by atoms with E-state index in [4.69, 9.17) is 11.6 Å². The van der Waals surface area contributed by atoms with E-state index in [1.807, 2.05) is 71.6 Å². The second-order valence-corrected chi connectivity index (χ2v) is 8.99. The van der Waals surface area contributed by atoms with Crippen LogP contribution in [0.4, 0.5) is 5.69 Å². The van der Waals surface area contributed by atoms with Gasteiger partial charge in [-0.3, -0.25) is 9.36 Å². The molecule has 2 aromatic carbocycles. The maximum absolute atomic E-state index is 12.3. The van der Waals surface area contributed by atoms with E-state index in [2.05, 4.69) is 15.3 Å². The molecule has 2 aromatic heterocycles. The van der Waals surface area contributed by atoms with Crippen molar-refractivity contribution in [1.82, 2.24) is 14.5 Å². The van der Waals surface area contributed by atoms with E-state index >= 15 is 0 Å². The summed E-state index contributed by atoms with van der Waals surface area (Å²) in [6.07, 6.45) is 3.95. The molecule has 0 radical (unpaired) electrons. The zero-order valence-electron chi connectivity index (χ0n) is 16.2. The Morgan fingerprint density at radius 1 is 1.23 bits per heavy atom. The van der Waals surface area contributed by atoms with Gasteiger partial charge in [0.25, 0.3) is 0 Å². The highest BCUT2D eigenvalue weighted by Gasteiger charge is 2.11. The third kappa shape index (κ3) is 5.30. The summed E-state index contributed by atoms with van der Waals surface area (Å²) in [5.41, 5.74) is 3.86. The molecule has 0 saturated heterocycles. The molecule has 1 amide bonds. The molecule has 5 nitrogen and oxygen atoms in total. The minimum absolute atomic E-state index is 0.0658. The Morgan fingerprint density at radius 2 is 2.07 bits per heavy atom. The number of aryl methyl sites for hydroxylation is 1. The SMILES string of the molecule is Cc1ccc(NC(=O)Cc2nc(CSc3nccn3-c3cccc(Cl)c3)cs2)cc1. The van der Waals surface area contributed by atoms with E-state index in [0.717, 1.165) is 32.8 Å². The zero-order chi connectivity index (χ0) is 20.9. The lowest BCUT2D eigenvalue weighted by molar-refractivity contribution is -0.115. The van der Waals surface area contributed by atoms with Gasteiger partial charge in [0, 0.05) is 39.9 Å². The summed E-state index contributed by atoms with van der Waals surface area (Å²) in [6.45, 7) is 2.02. The summed E-state index contributed by atoms with van der Waals surface area (Å²) in [6, 6.07) is 15.4. The van der Waals surface area contributed by atoms with Gasteiger partial charge in [0.1, 0.15) is 5.01 Å². The number of hydrogen-bond acceptors (Lipinski definition) is 5. The van der Waals surface area contributed by atoms with Crippen LogP contribution in [-0.4, -0.2) is 20.4 Å². The molecule has 2 heterocycles. The lowest BCUT2D eigenvalue weighted by atomic mass is 10.2. The smallest absolute Gasteiger partial charge is 0.231 e. The molecule has 4 rings (SSSR count). The highest BCUT2D eigenvalue weighted by atomic mass is 35.5. The van der Waals surface area contributed by atoms with Gasteiger partial charge < -0.3 is 5.32 Å². The van der Waals surface area contributed by atoms with Gasteiger partial charge in [0.15, 0.2) is 5.16 Å². The van der Waals surface area contributed by atoms with Crippen LogP contribution in [-0.2, 0) is 17.0 Å². The van der Waals surface area contributed by atoms with Crippen molar-refractivity contribution >= 4 is 46.3 Å². The van der Waals surface area contributed by atoms with Crippen LogP contribution >= 0.6 is 34.7 Å². The summed E-state index contributed by atoms with van der Waals surface area (Å²) in [5.74, 6) is 0.608. The van der Waals surface area contributed by atoms with Crippen molar-refractivity contribution in [1.29, 1.82) is 0 Å². The first-order chi connectivity index (χ1) is 14.6. The van der Waals surface area contributed by atoms with E-state index in [1.54, 1.807) is 18.0 Å². The van der Waals surface area contributed by atoms with Gasteiger partial charge in [0.2, 0.25) is 5.91 Å². The molecule has 1 N–H and O–H groups in total. The average Bonchev–Trinajstić information content (AvgIpc) is 3.37. The summed E-state index contributed by atoms with van der Waals surface area (Å²) in [5, 5.41) is 7.25. The molecule has 0 unspecified atom stereocenters. The minimum Gasteiger partial charge on any atom is -0.326 e. The van der Waals surface area contributed by atoms with Gasteiger partial charge >= 0.3 is 0 Å². The Morgan fingerprint density at radius 3 is 2.87 bits per heavy atom. The third-order valence-electron chi connectivity index (χ3n) is 4.29. The largest absolute Gasteiger partial charge is 0.326 e. The fraction of sp³-hybridized carbons (Fsp3) is 0.136. The molecule has 0 saturated carbocycles. The quantitative estimate of drug-likeness (QED) is 0.360. The summed E-state index contributed by atoms with van der Waals surface area (Å²) in [7, 11) is 0. The predicted octanol–water partition coefficient (Wildman–Crippen LogP) is 5.76. The van der Waals surface area contributed by atoms with E-state index < -0.39 is 0 Å². The molecule has 152 valence electrons. The van der Waals surface area contributed by atoms with Crippen LogP contribution in [0.3, 0.4) is 0 Å². The number of anilines is 1. The minimum atomic E-state index is -0.0658. The van der Waals surface area contributed by atoms with Crippen LogP contribution in [0.5, 0.6) is 0 Å². The van der Waals surface area contributed by atoms with Gasteiger partial charge in [0.05, 0.1) is 12.1 Å². The fourth-order valence-electron chi connectivity index (χ4n) is 2.83. The van der Waals surface area contributed by atoms with Crippen molar-refractivity contribution < 1.29 is 4.79 Å². The molecule has 0 aliphatic rings. The molecule has 8 heteroatoms. The lowest BCUT2D eigenvalue weighted by Gasteiger charge is -2.07. The third-order valence-corrected chi connectivity index (χ3v) is 6.42. The Hall–Kier alpha value is -2.61. The first kappa shape index (κ1) is 20.7. The highest BCUT2D eigenvalue weighted by Crippen LogP contribution is 2.26. The molecule has 0 aliphatic heterocycles. The Bertz CT molecular complexity index is 1150. The Balaban J connectivity index is 1.35. The fourth-order valence-corrected chi connectivity index (χ4v) is 4.78. The first-order valence-electron chi connectivity index (χ1n) is 9.29. The van der Waals surface area contributed by atoms with Crippen molar-refractivity contribution in [3.8, 4) is 5.69 Å². The molecule has 4 aromatic rings. The van der Waals surface area contributed by atoms with Crippen LogP contribution in [0.25, 0.3) is 5.69 Å². The van der Waals surface area contributed by atoms with Gasteiger partial charge in [-0.15, -0.1) is 11.3 Å². The highest BCUT2D eigenvalue weighted by molar-refractivity contribution is 7.98. The van der Waals surface area contributed by atoms with E-state index in [9.17, 15) is 4.79 Å². The van der Waals surface area contributed by atoms with Crippen LogP contribution in [0, 0.1) is 6.92 Å².